The number of nitro groups is 1. The fourth-order valence-electron chi connectivity index (χ4n) is 2.02. The van der Waals surface area contributed by atoms with Crippen LogP contribution in [0.4, 0.5) is 10.8 Å². The van der Waals surface area contributed by atoms with E-state index in [1.807, 2.05) is 0 Å². The maximum Gasteiger partial charge on any atom is 0.270 e. The van der Waals surface area contributed by atoms with Gasteiger partial charge in [0.05, 0.1) is 15.1 Å². The van der Waals surface area contributed by atoms with Crippen LogP contribution in [0.25, 0.3) is 10.2 Å². The monoisotopic (exact) mass is 392 g/mol. The van der Waals surface area contributed by atoms with Crippen LogP contribution in [0.15, 0.2) is 42.5 Å². The molecule has 2 N–H and O–H groups in total. The van der Waals surface area contributed by atoms with Crippen molar-refractivity contribution >= 4 is 67.2 Å². The number of nitro benzene ring substituents is 1. The summed E-state index contributed by atoms with van der Waals surface area (Å²) < 4.78 is 0.878. The molecule has 1 heterocycles. The van der Waals surface area contributed by atoms with Crippen LogP contribution < -0.4 is 10.6 Å². The second-order valence-corrected chi connectivity index (χ2v) is 6.72. The van der Waals surface area contributed by atoms with Crippen LogP contribution in [0.1, 0.15) is 10.4 Å². The Morgan fingerprint density at radius 3 is 2.84 bits per heavy atom. The van der Waals surface area contributed by atoms with Crippen LogP contribution in [0.3, 0.4) is 0 Å². The maximum absolute atomic E-state index is 12.1. The molecule has 0 saturated heterocycles. The Hall–Kier alpha value is -2.62. The first-order valence-corrected chi connectivity index (χ1v) is 8.45. The van der Waals surface area contributed by atoms with E-state index in [9.17, 15) is 14.9 Å². The van der Waals surface area contributed by atoms with Crippen molar-refractivity contribution in [2.45, 2.75) is 0 Å². The Bertz CT molecular complexity index is 1010. The first-order chi connectivity index (χ1) is 11.9. The second kappa shape index (κ2) is 7.09. The average Bonchev–Trinajstić information content (AvgIpc) is 2.95. The highest BCUT2D eigenvalue weighted by atomic mass is 35.5. The molecule has 0 fully saturated rings. The fraction of sp³-hybridized carbons (Fsp3) is 0. The molecule has 126 valence electrons. The number of halogens is 1. The van der Waals surface area contributed by atoms with Gasteiger partial charge >= 0.3 is 0 Å². The number of thiocarbonyl (C=S) groups is 1. The van der Waals surface area contributed by atoms with Crippen molar-refractivity contribution < 1.29 is 9.72 Å². The standard InChI is InChI=1S/C15H9ClN4O3S2/c16-9-4-5-11-12(7-9)25-15(17-11)19-14(24)18-13(21)8-2-1-3-10(6-8)20(22)23/h1-7H,(H2,17,18,19,21,24). The molecule has 0 aliphatic carbocycles. The lowest BCUT2D eigenvalue weighted by atomic mass is 10.2. The number of carbonyl (C=O) groups excluding carboxylic acids is 1. The molecule has 1 amide bonds. The number of non-ortho nitro benzene ring substituents is 1. The summed E-state index contributed by atoms with van der Waals surface area (Å²) in [5.74, 6) is -0.551. The molecule has 1 aromatic heterocycles. The number of hydrogen-bond donors (Lipinski definition) is 2. The van der Waals surface area contributed by atoms with E-state index in [0.717, 1.165) is 10.2 Å². The van der Waals surface area contributed by atoms with E-state index in [0.29, 0.717) is 10.2 Å². The molecule has 0 radical (unpaired) electrons. The van der Waals surface area contributed by atoms with Crippen LogP contribution >= 0.6 is 35.2 Å². The number of carbonyl (C=O) groups is 1. The van der Waals surface area contributed by atoms with Crippen LogP contribution in [-0.2, 0) is 0 Å². The molecule has 0 saturated carbocycles. The zero-order chi connectivity index (χ0) is 18.0. The number of thiazole rings is 1. The van der Waals surface area contributed by atoms with Gasteiger partial charge in [-0.3, -0.25) is 20.2 Å². The highest BCUT2D eigenvalue weighted by Gasteiger charge is 2.13. The lowest BCUT2D eigenvalue weighted by molar-refractivity contribution is -0.384. The van der Waals surface area contributed by atoms with Crippen molar-refractivity contribution in [3.8, 4) is 0 Å². The normalized spacial score (nSPS) is 10.4. The Morgan fingerprint density at radius 1 is 1.28 bits per heavy atom. The third-order valence-corrected chi connectivity index (χ3v) is 4.49. The fourth-order valence-corrected chi connectivity index (χ4v) is 3.42. The molecule has 10 heteroatoms. The zero-order valence-corrected chi connectivity index (χ0v) is 14.7. The Labute approximate surface area is 155 Å². The largest absolute Gasteiger partial charge is 0.308 e. The van der Waals surface area contributed by atoms with Crippen LogP contribution in [0.2, 0.25) is 5.02 Å². The lowest BCUT2D eigenvalue weighted by Crippen LogP contribution is -2.34. The predicted octanol–water partition coefficient (Wildman–Crippen LogP) is 3.98. The van der Waals surface area contributed by atoms with Gasteiger partial charge in [0.15, 0.2) is 10.2 Å². The molecule has 0 aliphatic rings. The van der Waals surface area contributed by atoms with Crippen molar-refractivity contribution in [2.24, 2.45) is 0 Å². The van der Waals surface area contributed by atoms with Gasteiger partial charge in [-0.2, -0.15) is 0 Å². The average molecular weight is 393 g/mol. The SMILES string of the molecule is O=C(NC(=S)Nc1nc2ccc(Cl)cc2s1)c1cccc([N+](=O)[O-])c1. The molecule has 7 nitrogen and oxygen atoms in total. The minimum Gasteiger partial charge on any atom is -0.308 e. The molecular formula is C15H9ClN4O3S2. The van der Waals surface area contributed by atoms with Gasteiger partial charge in [0.1, 0.15) is 0 Å². The number of fused-ring (bicyclic) bond motifs is 1. The Balaban J connectivity index is 1.69. The summed E-state index contributed by atoms with van der Waals surface area (Å²) in [4.78, 5) is 26.7. The molecule has 0 spiro atoms. The topological polar surface area (TPSA) is 97.2 Å². The van der Waals surface area contributed by atoms with E-state index >= 15 is 0 Å². The summed E-state index contributed by atoms with van der Waals surface area (Å²) in [5, 5.41) is 17.2. The van der Waals surface area contributed by atoms with Gasteiger partial charge < -0.3 is 5.32 Å². The van der Waals surface area contributed by atoms with Gasteiger partial charge in [0.25, 0.3) is 11.6 Å². The first-order valence-electron chi connectivity index (χ1n) is 6.85. The van der Waals surface area contributed by atoms with Gasteiger partial charge in [-0.1, -0.05) is 29.0 Å². The van der Waals surface area contributed by atoms with Crippen molar-refractivity contribution in [3.63, 3.8) is 0 Å². The molecular weight excluding hydrogens is 384 g/mol. The highest BCUT2D eigenvalue weighted by Crippen LogP contribution is 2.28. The van der Waals surface area contributed by atoms with Gasteiger partial charge in [-0.15, -0.1) is 0 Å². The van der Waals surface area contributed by atoms with Crippen molar-refractivity contribution in [1.29, 1.82) is 0 Å². The van der Waals surface area contributed by atoms with Crippen molar-refractivity contribution in [1.82, 2.24) is 10.3 Å². The maximum atomic E-state index is 12.1. The second-order valence-electron chi connectivity index (χ2n) is 4.85. The predicted molar refractivity (Wildman–Crippen MR) is 101 cm³/mol. The minimum absolute atomic E-state index is 0.0432. The van der Waals surface area contributed by atoms with E-state index in [2.05, 4.69) is 15.6 Å². The number of amides is 1. The third-order valence-electron chi connectivity index (χ3n) is 3.12. The van der Waals surface area contributed by atoms with E-state index in [-0.39, 0.29) is 16.4 Å². The highest BCUT2D eigenvalue weighted by molar-refractivity contribution is 7.80. The molecule has 0 atom stereocenters. The minimum atomic E-state index is -0.570. The Morgan fingerprint density at radius 2 is 2.08 bits per heavy atom. The molecule has 2 aromatic carbocycles. The zero-order valence-electron chi connectivity index (χ0n) is 12.4. The number of nitrogens with zero attached hydrogens (tertiary/aromatic N) is 2. The number of anilines is 1. The smallest absolute Gasteiger partial charge is 0.270 e. The number of benzene rings is 2. The summed E-state index contributed by atoms with van der Waals surface area (Å²) in [6.45, 7) is 0. The summed E-state index contributed by atoms with van der Waals surface area (Å²) in [6, 6.07) is 10.7. The van der Waals surface area contributed by atoms with Crippen LogP contribution in [-0.4, -0.2) is 20.9 Å². The molecule has 0 aliphatic heterocycles. The van der Waals surface area contributed by atoms with Gasteiger partial charge in [-0.05, 0) is 36.5 Å². The van der Waals surface area contributed by atoms with Crippen molar-refractivity contribution in [3.05, 3.63) is 63.2 Å². The van der Waals surface area contributed by atoms with Crippen molar-refractivity contribution in [2.75, 3.05) is 5.32 Å². The lowest BCUT2D eigenvalue weighted by Gasteiger charge is -2.06. The number of nitrogens with one attached hydrogen (secondary N) is 2. The quantitative estimate of drug-likeness (QED) is 0.397. The summed E-state index contributed by atoms with van der Waals surface area (Å²) in [7, 11) is 0. The summed E-state index contributed by atoms with van der Waals surface area (Å²) in [5.41, 5.74) is 0.716. The number of hydrogen-bond acceptors (Lipinski definition) is 6. The van der Waals surface area contributed by atoms with Gasteiger partial charge in [0, 0.05) is 22.7 Å². The van der Waals surface area contributed by atoms with Crippen LogP contribution in [0.5, 0.6) is 0 Å². The molecule has 25 heavy (non-hydrogen) atoms. The number of aromatic nitrogens is 1. The molecule has 0 unspecified atom stereocenters. The molecule has 0 bridgehead atoms. The number of rotatable bonds is 3. The molecule has 3 rings (SSSR count). The third kappa shape index (κ3) is 4.08. The van der Waals surface area contributed by atoms with E-state index in [1.165, 1.54) is 35.6 Å². The van der Waals surface area contributed by atoms with Crippen LogP contribution in [0, 0.1) is 10.1 Å². The summed E-state index contributed by atoms with van der Waals surface area (Å²) >= 11 is 12.4. The summed E-state index contributed by atoms with van der Waals surface area (Å²) in [6.07, 6.45) is 0. The van der Waals surface area contributed by atoms with E-state index in [1.54, 1.807) is 18.2 Å². The van der Waals surface area contributed by atoms with Gasteiger partial charge in [-0.25, -0.2) is 4.98 Å². The van der Waals surface area contributed by atoms with Gasteiger partial charge in [0.2, 0.25) is 0 Å². The molecule has 3 aromatic rings. The van der Waals surface area contributed by atoms with E-state index < -0.39 is 10.8 Å². The Kier molecular flexibility index (Phi) is 4.88. The van der Waals surface area contributed by atoms with E-state index in [4.69, 9.17) is 23.8 Å². The first kappa shape index (κ1) is 17.2.